The molecule has 0 bridgehead atoms. The molecule has 0 amide bonds. The molecule has 1 atom stereocenters. The number of nitrogens with one attached hydrogen (secondary N) is 1. The van der Waals surface area contributed by atoms with Gasteiger partial charge < -0.3 is 9.72 Å². The highest BCUT2D eigenvalue weighted by atomic mass is 32.1. The first kappa shape index (κ1) is 22.4. The van der Waals surface area contributed by atoms with Crippen LogP contribution in [0.3, 0.4) is 0 Å². The van der Waals surface area contributed by atoms with Crippen LogP contribution in [-0.2, 0) is 24.0 Å². The van der Waals surface area contributed by atoms with Crippen molar-refractivity contribution >= 4 is 33.3 Å². The third-order valence-corrected chi connectivity index (χ3v) is 9.65. The SMILES string of the molecule is Cn1ncc2cc(-c3c(-c4cncs4)[nH]c4ncc5c(c34)C3(CCN(CC4(CC#N)CC4)C3)OC5)ccc21. The van der Waals surface area contributed by atoms with Gasteiger partial charge in [-0.1, -0.05) is 6.07 Å². The highest BCUT2D eigenvalue weighted by Gasteiger charge is 2.51. The van der Waals surface area contributed by atoms with E-state index in [1.54, 1.807) is 11.3 Å². The predicted octanol–water partition coefficient (Wildman–Crippen LogP) is 5.37. The largest absolute Gasteiger partial charge is 0.364 e. The van der Waals surface area contributed by atoms with Crippen LogP contribution < -0.4 is 0 Å². The molecule has 1 aliphatic carbocycles. The van der Waals surface area contributed by atoms with Crippen molar-refractivity contribution < 1.29 is 4.74 Å². The topological polar surface area (TPSA) is 95.7 Å². The van der Waals surface area contributed by atoms with Crippen LogP contribution in [0, 0.1) is 16.7 Å². The zero-order valence-electron chi connectivity index (χ0n) is 21.2. The zero-order chi connectivity index (χ0) is 25.5. The Morgan fingerprint density at radius 2 is 2.13 bits per heavy atom. The summed E-state index contributed by atoms with van der Waals surface area (Å²) in [6, 6.07) is 9.00. The van der Waals surface area contributed by atoms with Gasteiger partial charge in [-0.25, -0.2) is 4.98 Å². The standard InChI is InChI=1S/C29H27N7OS/c1-35-21-3-2-18(10-19(21)12-33-35)23-24-25-20(11-32-27(24)34-26(23)22-13-31-17-38-22)14-37-29(25)7-9-36(16-29)15-28(4-5-28)6-8-30/h2-3,10-13,17H,4-7,9,14-16H2,1H3,(H,32,34). The number of likely N-dealkylation sites (tertiary alicyclic amines) is 1. The number of hydrogen-bond acceptors (Lipinski definition) is 7. The van der Waals surface area contributed by atoms with Gasteiger partial charge in [0, 0.05) is 73.0 Å². The number of ether oxygens (including phenoxy) is 1. The number of hydrogen-bond donors (Lipinski definition) is 1. The van der Waals surface area contributed by atoms with Crippen molar-refractivity contribution in [2.24, 2.45) is 12.5 Å². The number of aryl methyl sites for hydroxylation is 1. The van der Waals surface area contributed by atoms with E-state index in [2.05, 4.69) is 44.2 Å². The van der Waals surface area contributed by atoms with Crippen LogP contribution in [-0.4, -0.2) is 49.3 Å². The Bertz CT molecular complexity index is 1760. The number of benzene rings is 1. The van der Waals surface area contributed by atoms with E-state index in [1.807, 2.05) is 35.8 Å². The van der Waals surface area contributed by atoms with Gasteiger partial charge in [0.2, 0.25) is 0 Å². The Hall–Kier alpha value is -3.58. The fraction of sp³-hybridized carbons (Fsp3) is 0.379. The van der Waals surface area contributed by atoms with E-state index in [-0.39, 0.29) is 11.0 Å². The zero-order valence-corrected chi connectivity index (χ0v) is 22.0. The Kier molecular flexibility index (Phi) is 4.70. The summed E-state index contributed by atoms with van der Waals surface area (Å²) in [5.41, 5.74) is 9.50. The van der Waals surface area contributed by atoms with E-state index >= 15 is 0 Å². The molecule has 8 rings (SSSR count). The first-order valence-electron chi connectivity index (χ1n) is 13.2. The molecule has 4 aromatic heterocycles. The van der Waals surface area contributed by atoms with Gasteiger partial charge in [0.05, 0.1) is 40.5 Å². The van der Waals surface area contributed by atoms with Gasteiger partial charge in [-0.2, -0.15) is 10.4 Å². The van der Waals surface area contributed by atoms with Crippen LogP contribution in [0.25, 0.3) is 43.6 Å². The molecule has 0 radical (unpaired) electrons. The minimum Gasteiger partial charge on any atom is -0.364 e. The number of H-pyrrole nitrogens is 1. The molecule has 6 heterocycles. The minimum absolute atomic E-state index is 0.187. The Balaban J connectivity index is 1.31. The number of thiazole rings is 1. The Morgan fingerprint density at radius 3 is 2.95 bits per heavy atom. The number of nitrogens with zero attached hydrogens (tertiary/aromatic N) is 6. The lowest BCUT2D eigenvalue weighted by molar-refractivity contribution is -0.0296. The fourth-order valence-electron chi connectivity index (χ4n) is 6.77. The maximum atomic E-state index is 9.34. The number of fused-ring (bicyclic) bond motifs is 5. The number of rotatable bonds is 5. The molecular weight excluding hydrogens is 494 g/mol. The average molecular weight is 522 g/mol. The molecule has 1 saturated heterocycles. The van der Waals surface area contributed by atoms with Crippen molar-refractivity contribution in [2.45, 2.75) is 37.9 Å². The normalized spacial score (nSPS) is 22.0. The predicted molar refractivity (Wildman–Crippen MR) is 146 cm³/mol. The summed E-state index contributed by atoms with van der Waals surface area (Å²) in [5.74, 6) is 0. The van der Waals surface area contributed by atoms with Gasteiger partial charge in [0.1, 0.15) is 11.2 Å². The molecule has 5 aromatic rings. The molecule has 2 fully saturated rings. The average Bonchev–Trinajstić information content (AvgIpc) is 3.49. The smallest absolute Gasteiger partial charge is 0.138 e. The summed E-state index contributed by atoms with van der Waals surface area (Å²) >= 11 is 1.63. The highest BCUT2D eigenvalue weighted by Crippen LogP contribution is 2.53. The summed E-state index contributed by atoms with van der Waals surface area (Å²) in [7, 11) is 1.97. The van der Waals surface area contributed by atoms with Gasteiger partial charge in [-0.05, 0) is 42.4 Å². The summed E-state index contributed by atoms with van der Waals surface area (Å²) in [4.78, 5) is 16.5. The first-order chi connectivity index (χ1) is 18.6. The van der Waals surface area contributed by atoms with Crippen LogP contribution >= 0.6 is 11.3 Å². The highest BCUT2D eigenvalue weighted by molar-refractivity contribution is 7.13. The van der Waals surface area contributed by atoms with E-state index in [4.69, 9.17) is 9.72 Å². The van der Waals surface area contributed by atoms with Crippen molar-refractivity contribution in [2.75, 3.05) is 19.6 Å². The number of aromatic amines is 1. The van der Waals surface area contributed by atoms with Gasteiger partial charge in [0.25, 0.3) is 0 Å². The molecule has 1 spiro atoms. The third-order valence-electron chi connectivity index (χ3n) is 8.86. The number of nitriles is 1. The molecule has 190 valence electrons. The maximum Gasteiger partial charge on any atom is 0.138 e. The van der Waals surface area contributed by atoms with Crippen molar-refractivity contribution in [3.63, 3.8) is 0 Å². The second-order valence-corrected chi connectivity index (χ2v) is 12.1. The molecule has 8 nitrogen and oxygen atoms in total. The molecular formula is C29H27N7OS. The van der Waals surface area contributed by atoms with Crippen molar-refractivity contribution in [3.05, 3.63) is 53.4 Å². The lowest BCUT2D eigenvalue weighted by Gasteiger charge is -2.27. The van der Waals surface area contributed by atoms with Crippen LogP contribution in [0.2, 0.25) is 0 Å². The molecule has 3 aliphatic rings. The van der Waals surface area contributed by atoms with E-state index in [0.29, 0.717) is 13.0 Å². The number of aromatic nitrogens is 5. The summed E-state index contributed by atoms with van der Waals surface area (Å²) < 4.78 is 8.60. The van der Waals surface area contributed by atoms with Crippen LogP contribution in [0.5, 0.6) is 0 Å². The lowest BCUT2D eigenvalue weighted by Crippen LogP contribution is -2.34. The molecule has 38 heavy (non-hydrogen) atoms. The fourth-order valence-corrected chi connectivity index (χ4v) is 7.40. The van der Waals surface area contributed by atoms with E-state index < -0.39 is 0 Å². The quantitative estimate of drug-likeness (QED) is 0.334. The molecule has 1 N–H and O–H groups in total. The molecule has 2 aliphatic heterocycles. The first-order valence-corrected chi connectivity index (χ1v) is 14.0. The molecule has 1 unspecified atom stereocenters. The lowest BCUT2D eigenvalue weighted by atomic mass is 9.87. The Morgan fingerprint density at radius 1 is 1.21 bits per heavy atom. The van der Waals surface area contributed by atoms with E-state index in [9.17, 15) is 5.26 Å². The van der Waals surface area contributed by atoms with Crippen molar-refractivity contribution in [3.8, 4) is 27.8 Å². The monoisotopic (exact) mass is 521 g/mol. The Labute approximate surface area is 223 Å². The summed E-state index contributed by atoms with van der Waals surface area (Å²) in [6.07, 6.45) is 9.77. The van der Waals surface area contributed by atoms with Gasteiger partial charge in [-0.15, -0.1) is 11.3 Å². The molecule has 1 saturated carbocycles. The van der Waals surface area contributed by atoms with Crippen LogP contribution in [0.4, 0.5) is 0 Å². The van der Waals surface area contributed by atoms with E-state index in [1.165, 1.54) is 11.1 Å². The molecule has 1 aromatic carbocycles. The van der Waals surface area contributed by atoms with E-state index in [0.717, 1.165) is 82.5 Å². The third kappa shape index (κ3) is 3.24. The van der Waals surface area contributed by atoms with Crippen LogP contribution in [0.1, 0.15) is 36.8 Å². The van der Waals surface area contributed by atoms with Gasteiger partial charge in [-0.3, -0.25) is 14.6 Å². The second kappa shape index (κ2) is 7.96. The molecule has 9 heteroatoms. The minimum atomic E-state index is -0.362. The van der Waals surface area contributed by atoms with Gasteiger partial charge >= 0.3 is 0 Å². The summed E-state index contributed by atoms with van der Waals surface area (Å²) in [5, 5.41) is 16.1. The number of pyridine rings is 1. The summed E-state index contributed by atoms with van der Waals surface area (Å²) in [6.45, 7) is 3.41. The van der Waals surface area contributed by atoms with Gasteiger partial charge in [0.15, 0.2) is 0 Å². The maximum absolute atomic E-state index is 9.34. The van der Waals surface area contributed by atoms with Crippen molar-refractivity contribution in [1.29, 1.82) is 5.26 Å². The second-order valence-electron chi connectivity index (χ2n) is 11.2. The van der Waals surface area contributed by atoms with Crippen molar-refractivity contribution in [1.82, 2.24) is 29.6 Å². The van der Waals surface area contributed by atoms with Crippen LogP contribution in [0.15, 0.2) is 42.3 Å².